The van der Waals surface area contributed by atoms with Crippen molar-refractivity contribution in [1.29, 1.82) is 0 Å². The Morgan fingerprint density at radius 2 is 1.82 bits per heavy atom. The zero-order valence-corrected chi connectivity index (χ0v) is 14.1. The van der Waals surface area contributed by atoms with Gasteiger partial charge in [0.2, 0.25) is 5.91 Å². The Balaban J connectivity index is 1.48. The van der Waals surface area contributed by atoms with Gasteiger partial charge in [-0.15, -0.1) is 0 Å². The topological polar surface area (TPSA) is 23.6 Å². The maximum atomic E-state index is 11.4. The van der Waals surface area contributed by atoms with E-state index in [1.54, 1.807) is 6.92 Å². The first kappa shape index (κ1) is 15.8. The van der Waals surface area contributed by atoms with Gasteiger partial charge >= 0.3 is 0 Å². The summed E-state index contributed by atoms with van der Waals surface area (Å²) in [4.78, 5) is 16.0. The largest absolute Gasteiger partial charge is 0.343 e. The molecule has 1 aromatic rings. The standard InChI is InChI=1S/C18H25ClN2O/c1-14(22)20-10-7-18(8-11-20)21-9-6-16(13-21)12-15-2-4-17(19)5-3-15/h2-5,16,18H,6-13H2,1H3. The van der Waals surface area contributed by atoms with Gasteiger partial charge in [-0.05, 0) is 55.8 Å². The van der Waals surface area contributed by atoms with E-state index < -0.39 is 0 Å². The third-order valence-corrected chi connectivity index (χ3v) is 5.43. The van der Waals surface area contributed by atoms with E-state index in [0.717, 1.165) is 43.3 Å². The Morgan fingerprint density at radius 1 is 1.14 bits per heavy atom. The summed E-state index contributed by atoms with van der Waals surface area (Å²) in [7, 11) is 0. The minimum absolute atomic E-state index is 0.223. The van der Waals surface area contributed by atoms with Gasteiger partial charge in [-0.1, -0.05) is 23.7 Å². The molecule has 3 rings (SSSR count). The molecule has 0 bridgehead atoms. The van der Waals surface area contributed by atoms with E-state index in [-0.39, 0.29) is 5.91 Å². The van der Waals surface area contributed by atoms with Crippen LogP contribution in [-0.4, -0.2) is 47.9 Å². The first-order valence-electron chi connectivity index (χ1n) is 8.36. The number of halogens is 1. The molecule has 0 N–H and O–H groups in total. The van der Waals surface area contributed by atoms with Crippen LogP contribution in [0.25, 0.3) is 0 Å². The highest BCUT2D eigenvalue weighted by molar-refractivity contribution is 6.30. The summed E-state index contributed by atoms with van der Waals surface area (Å²) < 4.78 is 0. The molecular formula is C18H25ClN2O. The SMILES string of the molecule is CC(=O)N1CCC(N2CCC(Cc3ccc(Cl)cc3)C2)CC1. The van der Waals surface area contributed by atoms with Crippen molar-refractivity contribution in [2.45, 2.75) is 38.6 Å². The minimum atomic E-state index is 0.223. The number of rotatable bonds is 3. The second-order valence-electron chi connectivity index (χ2n) is 6.72. The number of piperidine rings is 1. The average molecular weight is 321 g/mol. The first-order chi connectivity index (χ1) is 10.6. The summed E-state index contributed by atoms with van der Waals surface area (Å²) in [6.07, 6.45) is 4.70. The van der Waals surface area contributed by atoms with Crippen molar-refractivity contribution >= 4 is 17.5 Å². The summed E-state index contributed by atoms with van der Waals surface area (Å²) in [6.45, 7) is 5.95. The number of carbonyl (C=O) groups is 1. The molecule has 0 spiro atoms. The van der Waals surface area contributed by atoms with Crippen LogP contribution >= 0.6 is 11.6 Å². The molecule has 2 saturated heterocycles. The van der Waals surface area contributed by atoms with Gasteiger partial charge in [0, 0.05) is 37.6 Å². The van der Waals surface area contributed by atoms with Gasteiger partial charge in [-0.2, -0.15) is 0 Å². The van der Waals surface area contributed by atoms with Crippen LogP contribution < -0.4 is 0 Å². The predicted octanol–water partition coefficient (Wildman–Crippen LogP) is 3.22. The zero-order valence-electron chi connectivity index (χ0n) is 13.3. The van der Waals surface area contributed by atoms with Crippen LogP contribution in [0.15, 0.2) is 24.3 Å². The lowest BCUT2D eigenvalue weighted by atomic mass is 9.98. The van der Waals surface area contributed by atoms with Crippen LogP contribution in [0.5, 0.6) is 0 Å². The first-order valence-corrected chi connectivity index (χ1v) is 8.73. The van der Waals surface area contributed by atoms with Crippen LogP contribution in [0.4, 0.5) is 0 Å². The molecule has 22 heavy (non-hydrogen) atoms. The van der Waals surface area contributed by atoms with Gasteiger partial charge < -0.3 is 4.90 Å². The van der Waals surface area contributed by atoms with Crippen molar-refractivity contribution in [1.82, 2.24) is 9.80 Å². The number of likely N-dealkylation sites (tertiary alicyclic amines) is 2. The monoisotopic (exact) mass is 320 g/mol. The number of hydrogen-bond donors (Lipinski definition) is 0. The Hall–Kier alpha value is -1.06. The number of carbonyl (C=O) groups excluding carboxylic acids is 1. The molecule has 4 heteroatoms. The highest BCUT2D eigenvalue weighted by Crippen LogP contribution is 2.27. The van der Waals surface area contributed by atoms with Gasteiger partial charge in [0.25, 0.3) is 0 Å². The molecule has 0 aliphatic carbocycles. The van der Waals surface area contributed by atoms with Crippen LogP contribution in [0.2, 0.25) is 5.02 Å². The molecule has 1 unspecified atom stereocenters. The van der Waals surface area contributed by atoms with Gasteiger partial charge in [-0.3, -0.25) is 9.69 Å². The maximum absolute atomic E-state index is 11.4. The molecule has 2 aliphatic rings. The maximum Gasteiger partial charge on any atom is 0.219 e. The summed E-state index contributed by atoms with van der Waals surface area (Å²) in [6, 6.07) is 8.94. The van der Waals surface area contributed by atoms with Crippen molar-refractivity contribution in [3.63, 3.8) is 0 Å². The van der Waals surface area contributed by atoms with Gasteiger partial charge in [0.1, 0.15) is 0 Å². The van der Waals surface area contributed by atoms with Gasteiger partial charge in [-0.25, -0.2) is 0 Å². The molecule has 0 radical (unpaired) electrons. The normalized spacial score (nSPS) is 23.9. The average Bonchev–Trinajstić information content (AvgIpc) is 2.98. The summed E-state index contributed by atoms with van der Waals surface area (Å²) in [5.74, 6) is 0.979. The van der Waals surface area contributed by atoms with E-state index in [2.05, 4.69) is 17.0 Å². The molecule has 2 heterocycles. The number of nitrogens with zero attached hydrogens (tertiary/aromatic N) is 2. The van der Waals surface area contributed by atoms with E-state index in [1.165, 1.54) is 25.1 Å². The smallest absolute Gasteiger partial charge is 0.219 e. The Morgan fingerprint density at radius 3 is 2.45 bits per heavy atom. The third kappa shape index (κ3) is 3.82. The van der Waals surface area contributed by atoms with E-state index in [9.17, 15) is 4.79 Å². The molecule has 120 valence electrons. The molecule has 1 amide bonds. The summed E-state index contributed by atoms with van der Waals surface area (Å²) in [5, 5.41) is 0.814. The lowest BCUT2D eigenvalue weighted by molar-refractivity contribution is -0.130. The fraction of sp³-hybridized carbons (Fsp3) is 0.611. The molecule has 3 nitrogen and oxygen atoms in total. The van der Waals surface area contributed by atoms with Gasteiger partial charge in [0.05, 0.1) is 0 Å². The Bertz CT molecular complexity index is 508. The second kappa shape index (κ2) is 7.01. The van der Waals surface area contributed by atoms with E-state index in [1.807, 2.05) is 17.0 Å². The fourth-order valence-corrected chi connectivity index (χ4v) is 3.99. The minimum Gasteiger partial charge on any atom is -0.343 e. The highest BCUT2D eigenvalue weighted by atomic mass is 35.5. The fourth-order valence-electron chi connectivity index (χ4n) is 3.86. The molecule has 2 aliphatic heterocycles. The van der Waals surface area contributed by atoms with Crippen LogP contribution in [0.1, 0.15) is 31.7 Å². The molecule has 0 aromatic heterocycles. The van der Waals surface area contributed by atoms with Crippen molar-refractivity contribution in [3.8, 4) is 0 Å². The van der Waals surface area contributed by atoms with Gasteiger partial charge in [0.15, 0.2) is 0 Å². The zero-order chi connectivity index (χ0) is 15.5. The lowest BCUT2D eigenvalue weighted by Crippen LogP contribution is -2.45. The van der Waals surface area contributed by atoms with Crippen LogP contribution in [0.3, 0.4) is 0 Å². The number of benzene rings is 1. The second-order valence-corrected chi connectivity index (χ2v) is 7.15. The summed E-state index contributed by atoms with van der Waals surface area (Å²) >= 11 is 5.95. The molecule has 0 saturated carbocycles. The quantitative estimate of drug-likeness (QED) is 0.853. The van der Waals surface area contributed by atoms with E-state index >= 15 is 0 Å². The lowest BCUT2D eigenvalue weighted by Gasteiger charge is -2.36. The Kier molecular flexibility index (Phi) is 5.04. The predicted molar refractivity (Wildman–Crippen MR) is 90.1 cm³/mol. The van der Waals surface area contributed by atoms with Crippen LogP contribution in [0, 0.1) is 5.92 Å². The number of amides is 1. The number of hydrogen-bond acceptors (Lipinski definition) is 2. The van der Waals surface area contributed by atoms with Crippen molar-refractivity contribution < 1.29 is 4.79 Å². The molecule has 1 atom stereocenters. The molecular weight excluding hydrogens is 296 g/mol. The van der Waals surface area contributed by atoms with Crippen molar-refractivity contribution in [3.05, 3.63) is 34.9 Å². The third-order valence-electron chi connectivity index (χ3n) is 5.18. The van der Waals surface area contributed by atoms with E-state index in [0.29, 0.717) is 6.04 Å². The van der Waals surface area contributed by atoms with Crippen molar-refractivity contribution in [2.75, 3.05) is 26.2 Å². The highest BCUT2D eigenvalue weighted by Gasteiger charge is 2.31. The van der Waals surface area contributed by atoms with E-state index in [4.69, 9.17) is 11.6 Å². The summed E-state index contributed by atoms with van der Waals surface area (Å²) in [5.41, 5.74) is 1.39. The Labute approximate surface area is 138 Å². The van der Waals surface area contributed by atoms with Crippen molar-refractivity contribution in [2.24, 2.45) is 5.92 Å². The molecule has 1 aromatic carbocycles. The van der Waals surface area contributed by atoms with Crippen LogP contribution in [-0.2, 0) is 11.2 Å². The molecule has 2 fully saturated rings.